The van der Waals surface area contributed by atoms with E-state index in [1.54, 1.807) is 7.11 Å². The largest absolute Gasteiger partial charge is 0.385 e. The van der Waals surface area contributed by atoms with Crippen molar-refractivity contribution in [1.82, 2.24) is 20.4 Å². The van der Waals surface area contributed by atoms with E-state index in [9.17, 15) is 0 Å². The van der Waals surface area contributed by atoms with Gasteiger partial charge in [0.05, 0.1) is 0 Å². The topological polar surface area (TPSA) is 52.1 Å². The SMILES string of the molecule is CCNC(=NCC(C)(C)CN(C)C)NCCN(C)CCCOC.I. The van der Waals surface area contributed by atoms with Crippen LogP contribution in [0.4, 0.5) is 0 Å². The highest BCUT2D eigenvalue weighted by Gasteiger charge is 2.18. The monoisotopic (exact) mass is 457 g/mol. The van der Waals surface area contributed by atoms with E-state index in [4.69, 9.17) is 9.73 Å². The quantitative estimate of drug-likeness (QED) is 0.202. The van der Waals surface area contributed by atoms with Gasteiger partial charge in [-0.25, -0.2) is 0 Å². The van der Waals surface area contributed by atoms with Crippen LogP contribution in [0.5, 0.6) is 0 Å². The minimum atomic E-state index is 0. The van der Waals surface area contributed by atoms with Gasteiger partial charge in [0.1, 0.15) is 0 Å². The Hall–Kier alpha value is -0.120. The number of halogens is 1. The molecule has 0 radical (unpaired) electrons. The number of hydrogen-bond donors (Lipinski definition) is 2. The highest BCUT2D eigenvalue weighted by atomic mass is 127. The van der Waals surface area contributed by atoms with Crippen LogP contribution in [-0.4, -0.2) is 89.9 Å². The summed E-state index contributed by atoms with van der Waals surface area (Å²) in [6.45, 7) is 13.1. The summed E-state index contributed by atoms with van der Waals surface area (Å²) in [6, 6.07) is 0. The van der Waals surface area contributed by atoms with Crippen LogP contribution in [0, 0.1) is 5.41 Å². The highest BCUT2D eigenvalue weighted by molar-refractivity contribution is 14.0. The van der Waals surface area contributed by atoms with Gasteiger partial charge in [0, 0.05) is 53.0 Å². The Bertz CT molecular complexity index is 324. The molecule has 0 rings (SSSR count). The number of methoxy groups -OCH3 is 1. The molecule has 0 aromatic rings. The molecular formula is C17H40IN5O. The van der Waals surface area contributed by atoms with Gasteiger partial charge in [-0.2, -0.15) is 0 Å². The first-order valence-corrected chi connectivity index (χ1v) is 8.65. The molecule has 0 spiro atoms. The second-order valence-corrected chi connectivity index (χ2v) is 7.17. The van der Waals surface area contributed by atoms with E-state index in [1.165, 1.54) is 0 Å². The van der Waals surface area contributed by atoms with Crippen molar-refractivity contribution in [1.29, 1.82) is 0 Å². The van der Waals surface area contributed by atoms with Crippen LogP contribution < -0.4 is 10.6 Å². The molecule has 0 aromatic heterocycles. The average molecular weight is 457 g/mol. The lowest BCUT2D eigenvalue weighted by molar-refractivity contribution is 0.180. The molecule has 0 bridgehead atoms. The van der Waals surface area contributed by atoms with E-state index >= 15 is 0 Å². The van der Waals surface area contributed by atoms with Crippen molar-refractivity contribution in [3.63, 3.8) is 0 Å². The third kappa shape index (κ3) is 15.4. The van der Waals surface area contributed by atoms with Crippen molar-refractivity contribution in [2.45, 2.75) is 27.2 Å². The standard InChI is InChI=1S/C17H39N5O.HI/c1-8-18-16(20-14-17(2,3)15-21(4)5)19-10-12-22(6)11-9-13-23-7;/h8-15H2,1-7H3,(H2,18,19,20);1H. The number of ether oxygens (including phenoxy) is 1. The summed E-state index contributed by atoms with van der Waals surface area (Å²) in [5, 5.41) is 6.74. The molecule has 0 unspecified atom stereocenters. The molecular weight excluding hydrogens is 417 g/mol. The van der Waals surface area contributed by atoms with E-state index in [0.29, 0.717) is 0 Å². The van der Waals surface area contributed by atoms with Crippen LogP contribution in [0.3, 0.4) is 0 Å². The first-order valence-electron chi connectivity index (χ1n) is 8.65. The van der Waals surface area contributed by atoms with Crippen LogP contribution in [0.25, 0.3) is 0 Å². The summed E-state index contributed by atoms with van der Waals surface area (Å²) in [7, 11) is 8.10. The highest BCUT2D eigenvalue weighted by Crippen LogP contribution is 2.15. The van der Waals surface area contributed by atoms with E-state index in [0.717, 1.165) is 58.3 Å². The summed E-state index contributed by atoms with van der Waals surface area (Å²) in [6.07, 6.45) is 1.07. The normalized spacial score (nSPS) is 12.5. The fourth-order valence-corrected chi connectivity index (χ4v) is 2.50. The van der Waals surface area contributed by atoms with Gasteiger partial charge in [-0.15, -0.1) is 24.0 Å². The molecule has 0 amide bonds. The van der Waals surface area contributed by atoms with Crippen molar-refractivity contribution in [3.05, 3.63) is 0 Å². The van der Waals surface area contributed by atoms with Gasteiger partial charge in [0.15, 0.2) is 5.96 Å². The maximum Gasteiger partial charge on any atom is 0.191 e. The summed E-state index contributed by atoms with van der Waals surface area (Å²) in [5.41, 5.74) is 0.169. The Labute approximate surface area is 166 Å². The van der Waals surface area contributed by atoms with Crippen molar-refractivity contribution in [3.8, 4) is 0 Å². The van der Waals surface area contributed by atoms with E-state index in [2.05, 4.69) is 62.3 Å². The van der Waals surface area contributed by atoms with Gasteiger partial charge < -0.3 is 25.2 Å². The Balaban J connectivity index is 0. The summed E-state index contributed by atoms with van der Waals surface area (Å²) < 4.78 is 5.08. The molecule has 0 aliphatic heterocycles. The second-order valence-electron chi connectivity index (χ2n) is 7.17. The molecule has 0 aliphatic carbocycles. The third-order valence-electron chi connectivity index (χ3n) is 3.43. The van der Waals surface area contributed by atoms with E-state index in [1.807, 2.05) is 0 Å². The molecule has 0 saturated heterocycles. The summed E-state index contributed by atoms with van der Waals surface area (Å²) >= 11 is 0. The molecule has 0 aliphatic rings. The van der Waals surface area contributed by atoms with Crippen LogP contribution >= 0.6 is 24.0 Å². The first kappa shape index (κ1) is 26.1. The van der Waals surface area contributed by atoms with Crippen LogP contribution in [-0.2, 0) is 4.74 Å². The Morgan fingerprint density at radius 1 is 1.12 bits per heavy atom. The molecule has 24 heavy (non-hydrogen) atoms. The summed E-state index contributed by atoms with van der Waals surface area (Å²) in [5.74, 6) is 0.907. The van der Waals surface area contributed by atoms with E-state index < -0.39 is 0 Å². The smallest absolute Gasteiger partial charge is 0.191 e. The fraction of sp³-hybridized carbons (Fsp3) is 0.941. The Kier molecular flexibility index (Phi) is 16.5. The van der Waals surface area contributed by atoms with E-state index in [-0.39, 0.29) is 29.4 Å². The molecule has 0 aromatic carbocycles. The molecule has 0 heterocycles. The van der Waals surface area contributed by atoms with Crippen molar-refractivity contribution in [2.24, 2.45) is 10.4 Å². The lowest BCUT2D eigenvalue weighted by Gasteiger charge is -2.27. The van der Waals surface area contributed by atoms with Crippen LogP contribution in [0.2, 0.25) is 0 Å². The van der Waals surface area contributed by atoms with Gasteiger partial charge >= 0.3 is 0 Å². The lowest BCUT2D eigenvalue weighted by atomic mass is 9.93. The molecule has 146 valence electrons. The van der Waals surface area contributed by atoms with Crippen LogP contribution in [0.15, 0.2) is 4.99 Å². The maximum atomic E-state index is 5.08. The minimum Gasteiger partial charge on any atom is -0.385 e. The van der Waals surface area contributed by atoms with Crippen molar-refractivity contribution in [2.75, 3.05) is 74.1 Å². The third-order valence-corrected chi connectivity index (χ3v) is 3.43. The zero-order valence-corrected chi connectivity index (χ0v) is 19.1. The van der Waals surface area contributed by atoms with Crippen molar-refractivity contribution >= 4 is 29.9 Å². The molecule has 6 nitrogen and oxygen atoms in total. The molecule has 7 heteroatoms. The number of hydrogen-bond acceptors (Lipinski definition) is 4. The molecule has 0 saturated carbocycles. The zero-order chi connectivity index (χ0) is 17.7. The fourth-order valence-electron chi connectivity index (χ4n) is 2.50. The van der Waals surface area contributed by atoms with Gasteiger partial charge in [0.25, 0.3) is 0 Å². The number of rotatable bonds is 12. The predicted octanol–water partition coefficient (Wildman–Crippen LogP) is 1.72. The van der Waals surface area contributed by atoms with Gasteiger partial charge in [-0.1, -0.05) is 13.8 Å². The summed E-state index contributed by atoms with van der Waals surface area (Å²) in [4.78, 5) is 9.26. The van der Waals surface area contributed by atoms with Crippen LogP contribution in [0.1, 0.15) is 27.2 Å². The Morgan fingerprint density at radius 3 is 2.33 bits per heavy atom. The molecule has 0 fully saturated rings. The number of likely N-dealkylation sites (N-methyl/N-ethyl adjacent to an activating group) is 1. The Morgan fingerprint density at radius 2 is 1.79 bits per heavy atom. The number of aliphatic imine (C=N–C) groups is 1. The minimum absolute atomic E-state index is 0. The van der Waals surface area contributed by atoms with Gasteiger partial charge in [-0.05, 0) is 39.9 Å². The van der Waals surface area contributed by atoms with Gasteiger partial charge in [0.2, 0.25) is 0 Å². The average Bonchev–Trinajstić information content (AvgIpc) is 2.44. The number of nitrogens with zero attached hydrogens (tertiary/aromatic N) is 3. The second kappa shape index (κ2) is 15.2. The van der Waals surface area contributed by atoms with Crippen molar-refractivity contribution < 1.29 is 4.74 Å². The van der Waals surface area contributed by atoms with Gasteiger partial charge in [-0.3, -0.25) is 4.99 Å². The maximum absolute atomic E-state index is 5.08. The molecule has 2 N–H and O–H groups in total. The zero-order valence-electron chi connectivity index (χ0n) is 16.8. The number of guanidine groups is 1. The predicted molar refractivity (Wildman–Crippen MR) is 116 cm³/mol. The number of nitrogens with one attached hydrogen (secondary N) is 2. The lowest BCUT2D eigenvalue weighted by Crippen LogP contribution is -2.42. The first-order chi connectivity index (χ1) is 10.8. The molecule has 0 atom stereocenters.